The normalized spacial score (nSPS) is 10.1. The lowest BCUT2D eigenvalue weighted by Gasteiger charge is -2.07. The molecule has 1 aromatic carbocycles. The quantitative estimate of drug-likeness (QED) is 0.565. The minimum atomic E-state index is -0.494. The summed E-state index contributed by atoms with van der Waals surface area (Å²) in [5.41, 5.74) is 1.73. The van der Waals surface area contributed by atoms with Crippen LogP contribution in [0.2, 0.25) is 0 Å². The van der Waals surface area contributed by atoms with Crippen molar-refractivity contribution in [2.24, 2.45) is 0 Å². The van der Waals surface area contributed by atoms with Gasteiger partial charge in [0.05, 0.1) is 6.26 Å². The molecule has 2 amide bonds. The van der Waals surface area contributed by atoms with Gasteiger partial charge >= 0.3 is 5.97 Å². The number of hydrogen-bond donors (Lipinski definition) is 2. The molecule has 132 valence electrons. The molecule has 0 atom stereocenters. The topological polar surface area (TPSA) is 97.6 Å². The van der Waals surface area contributed by atoms with Crippen LogP contribution in [0.5, 0.6) is 0 Å². The molecular weight excluding hydrogens is 324 g/mol. The Hall–Kier alpha value is -3.09. The summed E-state index contributed by atoms with van der Waals surface area (Å²) in [5, 5.41) is 5.26. The fourth-order valence-corrected chi connectivity index (χ4v) is 1.98. The molecule has 25 heavy (non-hydrogen) atoms. The Bertz CT molecular complexity index is 708. The van der Waals surface area contributed by atoms with Gasteiger partial charge in [-0.25, -0.2) is 0 Å². The van der Waals surface area contributed by atoms with E-state index in [1.54, 1.807) is 24.3 Å². The molecule has 0 saturated carbocycles. The molecular formula is C18H20N2O5. The largest absolute Gasteiger partial charge is 0.459 e. The first kappa shape index (κ1) is 18.3. The molecule has 1 heterocycles. The summed E-state index contributed by atoms with van der Waals surface area (Å²) in [5.74, 6) is -1.01. The zero-order valence-corrected chi connectivity index (χ0v) is 13.9. The molecule has 0 aliphatic heterocycles. The van der Waals surface area contributed by atoms with Gasteiger partial charge < -0.3 is 19.8 Å². The molecule has 0 radical (unpaired) electrons. The van der Waals surface area contributed by atoms with Crippen LogP contribution in [-0.2, 0) is 14.3 Å². The van der Waals surface area contributed by atoms with Crippen molar-refractivity contribution < 1.29 is 23.5 Å². The Morgan fingerprint density at radius 2 is 1.88 bits per heavy atom. The van der Waals surface area contributed by atoms with E-state index < -0.39 is 11.9 Å². The zero-order valence-electron chi connectivity index (χ0n) is 13.9. The van der Waals surface area contributed by atoms with Crippen LogP contribution in [0.15, 0.2) is 47.1 Å². The highest BCUT2D eigenvalue weighted by Crippen LogP contribution is 2.08. The molecule has 0 unspecified atom stereocenters. The fraction of sp³-hybridized carbons (Fsp3) is 0.278. The fourth-order valence-electron chi connectivity index (χ4n) is 1.98. The number of furan rings is 1. The van der Waals surface area contributed by atoms with E-state index >= 15 is 0 Å². The van der Waals surface area contributed by atoms with Crippen LogP contribution >= 0.6 is 0 Å². The van der Waals surface area contributed by atoms with E-state index in [0.717, 1.165) is 5.56 Å². The van der Waals surface area contributed by atoms with Gasteiger partial charge in [0.1, 0.15) is 0 Å². The molecule has 0 fully saturated rings. The average molecular weight is 344 g/mol. The van der Waals surface area contributed by atoms with Crippen LogP contribution in [0.25, 0.3) is 0 Å². The van der Waals surface area contributed by atoms with Crippen LogP contribution in [0.1, 0.15) is 29.0 Å². The summed E-state index contributed by atoms with van der Waals surface area (Å²) >= 11 is 0. The SMILES string of the molecule is Cc1ccc(NC(=O)COC(=O)CCCNC(=O)c2ccco2)cc1. The first-order chi connectivity index (χ1) is 12.0. The van der Waals surface area contributed by atoms with Crippen LogP contribution < -0.4 is 10.6 Å². The number of ether oxygens (including phenoxy) is 1. The van der Waals surface area contributed by atoms with Gasteiger partial charge in [-0.15, -0.1) is 0 Å². The molecule has 2 aromatic rings. The number of nitrogens with one attached hydrogen (secondary N) is 2. The molecule has 7 heteroatoms. The summed E-state index contributed by atoms with van der Waals surface area (Å²) in [6.07, 6.45) is 1.93. The standard InChI is InChI=1S/C18H20N2O5/c1-13-6-8-14(9-7-13)20-16(21)12-25-17(22)5-2-10-19-18(23)15-4-3-11-24-15/h3-4,6-9,11H,2,5,10,12H2,1H3,(H,19,23)(H,20,21). The van der Waals surface area contributed by atoms with Crippen molar-refractivity contribution in [3.63, 3.8) is 0 Å². The highest BCUT2D eigenvalue weighted by molar-refractivity contribution is 5.93. The summed E-state index contributed by atoms with van der Waals surface area (Å²) in [6, 6.07) is 10.5. The third kappa shape index (κ3) is 6.50. The highest BCUT2D eigenvalue weighted by Gasteiger charge is 2.10. The maximum absolute atomic E-state index is 11.7. The van der Waals surface area contributed by atoms with E-state index in [9.17, 15) is 14.4 Å². The predicted octanol–water partition coefficient (Wildman–Crippen LogP) is 2.28. The van der Waals surface area contributed by atoms with E-state index in [2.05, 4.69) is 10.6 Å². The summed E-state index contributed by atoms with van der Waals surface area (Å²) in [6.45, 7) is 1.92. The number of carbonyl (C=O) groups excluding carboxylic acids is 3. The van der Waals surface area contributed by atoms with Crippen LogP contribution in [0.4, 0.5) is 5.69 Å². The second kappa shape index (κ2) is 9.27. The minimum absolute atomic E-state index is 0.107. The Morgan fingerprint density at radius 1 is 1.12 bits per heavy atom. The van der Waals surface area contributed by atoms with E-state index in [1.165, 1.54) is 6.26 Å². The van der Waals surface area contributed by atoms with E-state index in [4.69, 9.17) is 9.15 Å². The van der Waals surface area contributed by atoms with Gasteiger partial charge in [-0.05, 0) is 37.6 Å². The summed E-state index contributed by atoms with van der Waals surface area (Å²) in [7, 11) is 0. The molecule has 0 saturated heterocycles. The van der Waals surface area contributed by atoms with Gasteiger partial charge in [-0.2, -0.15) is 0 Å². The van der Waals surface area contributed by atoms with Gasteiger partial charge in [0.2, 0.25) is 0 Å². The van der Waals surface area contributed by atoms with E-state index in [-0.39, 0.29) is 24.7 Å². The molecule has 2 N–H and O–H groups in total. The lowest BCUT2D eigenvalue weighted by Crippen LogP contribution is -2.25. The van der Waals surface area contributed by atoms with Crippen LogP contribution in [0.3, 0.4) is 0 Å². The molecule has 0 spiro atoms. The Labute approximate surface area is 145 Å². The van der Waals surface area contributed by atoms with Crippen molar-refractivity contribution in [2.45, 2.75) is 19.8 Å². The lowest BCUT2D eigenvalue weighted by molar-refractivity contribution is -0.147. The maximum atomic E-state index is 11.7. The maximum Gasteiger partial charge on any atom is 0.306 e. The Kier molecular flexibility index (Phi) is 6.76. The smallest absolute Gasteiger partial charge is 0.306 e. The van der Waals surface area contributed by atoms with Gasteiger partial charge in [0.15, 0.2) is 12.4 Å². The first-order valence-electron chi connectivity index (χ1n) is 7.88. The van der Waals surface area contributed by atoms with Crippen LogP contribution in [0, 0.1) is 6.92 Å². The molecule has 7 nitrogen and oxygen atoms in total. The second-order valence-corrected chi connectivity index (χ2v) is 5.41. The third-order valence-corrected chi connectivity index (χ3v) is 3.29. The number of amides is 2. The van der Waals surface area contributed by atoms with Gasteiger partial charge in [-0.3, -0.25) is 14.4 Å². The van der Waals surface area contributed by atoms with E-state index in [0.29, 0.717) is 18.7 Å². The molecule has 0 aliphatic carbocycles. The van der Waals surface area contributed by atoms with Crippen molar-refractivity contribution in [1.82, 2.24) is 5.32 Å². The second-order valence-electron chi connectivity index (χ2n) is 5.41. The predicted molar refractivity (Wildman–Crippen MR) is 91.0 cm³/mol. The van der Waals surface area contributed by atoms with Crippen molar-refractivity contribution in [3.8, 4) is 0 Å². The molecule has 2 rings (SSSR count). The number of rotatable bonds is 8. The average Bonchev–Trinajstić information content (AvgIpc) is 3.13. The van der Waals surface area contributed by atoms with Gasteiger partial charge in [0, 0.05) is 18.7 Å². The molecule has 0 aliphatic rings. The minimum Gasteiger partial charge on any atom is -0.459 e. The van der Waals surface area contributed by atoms with Gasteiger partial charge in [-0.1, -0.05) is 17.7 Å². The highest BCUT2D eigenvalue weighted by atomic mass is 16.5. The summed E-state index contributed by atoms with van der Waals surface area (Å²) in [4.78, 5) is 34.9. The van der Waals surface area contributed by atoms with Crippen molar-refractivity contribution in [3.05, 3.63) is 54.0 Å². The number of hydrogen-bond acceptors (Lipinski definition) is 5. The van der Waals surface area contributed by atoms with E-state index in [1.807, 2.05) is 19.1 Å². The number of aryl methyl sites for hydroxylation is 1. The lowest BCUT2D eigenvalue weighted by atomic mass is 10.2. The number of esters is 1. The van der Waals surface area contributed by atoms with Crippen molar-refractivity contribution in [2.75, 3.05) is 18.5 Å². The van der Waals surface area contributed by atoms with Crippen LogP contribution in [-0.4, -0.2) is 30.9 Å². The van der Waals surface area contributed by atoms with Gasteiger partial charge in [0.25, 0.3) is 11.8 Å². The van der Waals surface area contributed by atoms with Crippen molar-refractivity contribution >= 4 is 23.5 Å². The zero-order chi connectivity index (χ0) is 18.1. The monoisotopic (exact) mass is 344 g/mol. The number of anilines is 1. The number of carbonyl (C=O) groups is 3. The summed E-state index contributed by atoms with van der Waals surface area (Å²) < 4.78 is 9.84. The number of benzene rings is 1. The first-order valence-corrected chi connectivity index (χ1v) is 7.88. The van der Waals surface area contributed by atoms with Crippen molar-refractivity contribution in [1.29, 1.82) is 0 Å². The molecule has 1 aromatic heterocycles. The third-order valence-electron chi connectivity index (χ3n) is 3.29. The molecule has 0 bridgehead atoms. The Morgan fingerprint density at radius 3 is 2.56 bits per heavy atom. The Balaban J connectivity index is 1.58.